The van der Waals surface area contributed by atoms with Gasteiger partial charge in [-0.1, -0.05) is 0 Å². The Morgan fingerprint density at radius 2 is 1.57 bits per heavy atom. The lowest BCUT2D eigenvalue weighted by Gasteiger charge is -2.34. The fourth-order valence-corrected chi connectivity index (χ4v) is 2.35. The van der Waals surface area contributed by atoms with E-state index < -0.39 is 23.4 Å². The molecule has 116 valence electrons. The van der Waals surface area contributed by atoms with Gasteiger partial charge in [0.15, 0.2) is 11.6 Å². The van der Waals surface area contributed by atoms with Crippen molar-refractivity contribution < 1.29 is 23.1 Å². The molecule has 0 radical (unpaired) electrons. The van der Waals surface area contributed by atoms with Crippen molar-refractivity contribution in [3.05, 3.63) is 35.1 Å². The summed E-state index contributed by atoms with van der Waals surface area (Å²) in [5.41, 5.74) is 0.132. The maximum atomic E-state index is 13.6. The molecule has 0 spiro atoms. The van der Waals surface area contributed by atoms with Crippen molar-refractivity contribution in [1.82, 2.24) is 9.80 Å². The van der Waals surface area contributed by atoms with Crippen LogP contribution in [0.25, 0.3) is 0 Å². The average molecular weight is 302 g/mol. The van der Waals surface area contributed by atoms with Gasteiger partial charge in [0.25, 0.3) is 0 Å². The zero-order valence-corrected chi connectivity index (χ0v) is 11.5. The minimum Gasteiger partial charge on any atom is -0.481 e. The van der Waals surface area contributed by atoms with Gasteiger partial charge < -0.3 is 10.0 Å². The molecule has 1 aliphatic heterocycles. The molecule has 0 aliphatic carbocycles. The molecule has 0 saturated carbocycles. The Morgan fingerprint density at radius 1 is 1.00 bits per heavy atom. The van der Waals surface area contributed by atoms with Crippen LogP contribution in [0.2, 0.25) is 0 Å². The van der Waals surface area contributed by atoms with Crippen molar-refractivity contribution in [2.45, 2.75) is 13.0 Å². The molecular weight excluding hydrogens is 285 g/mol. The maximum Gasteiger partial charge on any atom is 0.304 e. The summed E-state index contributed by atoms with van der Waals surface area (Å²) in [5.74, 6) is -3.82. The molecule has 0 amide bonds. The third-order valence-electron chi connectivity index (χ3n) is 3.59. The lowest BCUT2D eigenvalue weighted by atomic mass is 10.1. The van der Waals surface area contributed by atoms with Crippen molar-refractivity contribution in [1.29, 1.82) is 0 Å². The Morgan fingerprint density at radius 3 is 2.19 bits per heavy atom. The van der Waals surface area contributed by atoms with Crippen molar-refractivity contribution >= 4 is 5.97 Å². The number of benzene rings is 1. The molecule has 1 heterocycles. The number of nitrogens with zero attached hydrogens (tertiary/aromatic N) is 2. The normalized spacial score (nSPS) is 17.1. The summed E-state index contributed by atoms with van der Waals surface area (Å²) in [6, 6.07) is 1.45. The largest absolute Gasteiger partial charge is 0.481 e. The molecule has 0 atom stereocenters. The molecule has 0 unspecified atom stereocenters. The number of rotatable bonds is 5. The molecule has 0 bridgehead atoms. The molecular formula is C14H17F3N2O2. The second-order valence-electron chi connectivity index (χ2n) is 5.12. The van der Waals surface area contributed by atoms with E-state index in [2.05, 4.69) is 0 Å². The van der Waals surface area contributed by atoms with Crippen LogP contribution in [0.4, 0.5) is 13.2 Å². The fraction of sp³-hybridized carbons (Fsp3) is 0.500. The molecule has 1 aliphatic rings. The first-order valence-corrected chi connectivity index (χ1v) is 6.75. The SMILES string of the molecule is O=C(O)CCN1CCN(Cc2cc(F)c(F)cc2F)CC1. The maximum absolute atomic E-state index is 13.6. The van der Waals surface area contributed by atoms with Crippen LogP contribution in [0.15, 0.2) is 12.1 Å². The first-order valence-electron chi connectivity index (χ1n) is 6.75. The van der Waals surface area contributed by atoms with Gasteiger partial charge >= 0.3 is 5.97 Å². The lowest BCUT2D eigenvalue weighted by Crippen LogP contribution is -2.46. The van der Waals surface area contributed by atoms with Gasteiger partial charge in [-0.05, 0) is 6.07 Å². The summed E-state index contributed by atoms with van der Waals surface area (Å²) >= 11 is 0. The third kappa shape index (κ3) is 4.44. The summed E-state index contributed by atoms with van der Waals surface area (Å²) in [6.07, 6.45) is 0.0950. The standard InChI is InChI=1S/C14H17F3N2O2/c15-11-8-13(17)12(16)7-10(11)9-19-5-3-18(4-6-19)2-1-14(20)21/h7-8H,1-6,9H2,(H,20,21). The molecule has 4 nitrogen and oxygen atoms in total. The Labute approximate surface area is 120 Å². The monoisotopic (exact) mass is 302 g/mol. The Kier molecular flexibility index (Phi) is 5.19. The van der Waals surface area contributed by atoms with Gasteiger partial charge in [0.05, 0.1) is 6.42 Å². The van der Waals surface area contributed by atoms with Crippen LogP contribution < -0.4 is 0 Å². The van der Waals surface area contributed by atoms with E-state index in [0.29, 0.717) is 38.8 Å². The number of piperazine rings is 1. The van der Waals surface area contributed by atoms with Gasteiger partial charge in [-0.3, -0.25) is 9.69 Å². The van der Waals surface area contributed by atoms with Crippen molar-refractivity contribution in [2.75, 3.05) is 32.7 Å². The number of carboxylic acid groups (broad SMARTS) is 1. The van der Waals surface area contributed by atoms with Crippen LogP contribution in [0, 0.1) is 17.5 Å². The van der Waals surface area contributed by atoms with Gasteiger partial charge in [-0.15, -0.1) is 0 Å². The molecule has 1 aromatic rings. The molecule has 1 N–H and O–H groups in total. The van der Waals surface area contributed by atoms with E-state index in [1.807, 2.05) is 9.80 Å². The topological polar surface area (TPSA) is 43.8 Å². The predicted octanol–water partition coefficient (Wildman–Crippen LogP) is 1.70. The minimum absolute atomic E-state index is 0.0950. The van der Waals surface area contributed by atoms with Crippen LogP contribution in [0.3, 0.4) is 0 Å². The molecule has 21 heavy (non-hydrogen) atoms. The second-order valence-corrected chi connectivity index (χ2v) is 5.12. The van der Waals surface area contributed by atoms with E-state index in [9.17, 15) is 18.0 Å². The van der Waals surface area contributed by atoms with Crippen molar-refractivity contribution in [3.63, 3.8) is 0 Å². The zero-order chi connectivity index (χ0) is 15.4. The Bertz CT molecular complexity index is 517. The van der Waals surface area contributed by atoms with E-state index in [1.165, 1.54) is 0 Å². The first kappa shape index (κ1) is 15.8. The van der Waals surface area contributed by atoms with Crippen LogP contribution in [0.5, 0.6) is 0 Å². The van der Waals surface area contributed by atoms with E-state index in [4.69, 9.17) is 5.11 Å². The number of aliphatic carboxylic acids is 1. The smallest absolute Gasteiger partial charge is 0.304 e. The quantitative estimate of drug-likeness (QED) is 0.841. The first-order chi connectivity index (χ1) is 9.95. The molecule has 7 heteroatoms. The molecule has 1 fully saturated rings. The van der Waals surface area contributed by atoms with Gasteiger partial charge in [0.1, 0.15) is 5.82 Å². The van der Waals surface area contributed by atoms with Gasteiger partial charge in [-0.2, -0.15) is 0 Å². The van der Waals surface area contributed by atoms with Crippen LogP contribution in [-0.4, -0.2) is 53.6 Å². The minimum atomic E-state index is -1.19. The highest BCUT2D eigenvalue weighted by atomic mass is 19.2. The number of hydrogen-bond acceptors (Lipinski definition) is 3. The fourth-order valence-electron chi connectivity index (χ4n) is 2.35. The molecule has 1 saturated heterocycles. The van der Waals surface area contributed by atoms with Crippen LogP contribution in [-0.2, 0) is 11.3 Å². The number of hydrogen-bond donors (Lipinski definition) is 1. The van der Waals surface area contributed by atoms with Gasteiger partial charge in [-0.25, -0.2) is 13.2 Å². The molecule has 1 aromatic carbocycles. The number of halogens is 3. The third-order valence-corrected chi connectivity index (χ3v) is 3.59. The second kappa shape index (κ2) is 6.91. The van der Waals surface area contributed by atoms with Crippen molar-refractivity contribution in [3.8, 4) is 0 Å². The number of carbonyl (C=O) groups is 1. The van der Waals surface area contributed by atoms with Gasteiger partial charge in [0.2, 0.25) is 0 Å². The summed E-state index contributed by atoms with van der Waals surface area (Å²) in [5, 5.41) is 8.62. The zero-order valence-electron chi connectivity index (χ0n) is 11.5. The highest BCUT2D eigenvalue weighted by Gasteiger charge is 2.19. The van der Waals surface area contributed by atoms with Gasteiger partial charge in [0, 0.05) is 50.9 Å². The molecule has 0 aromatic heterocycles. The number of carboxylic acids is 1. The Hall–Kier alpha value is -1.60. The van der Waals surface area contributed by atoms with E-state index in [0.717, 1.165) is 6.07 Å². The summed E-state index contributed by atoms with van der Waals surface area (Å²) in [7, 11) is 0. The average Bonchev–Trinajstić information content (AvgIpc) is 2.44. The highest BCUT2D eigenvalue weighted by Crippen LogP contribution is 2.16. The van der Waals surface area contributed by atoms with Crippen LogP contribution >= 0.6 is 0 Å². The summed E-state index contributed by atoms with van der Waals surface area (Å²) in [4.78, 5) is 14.5. The highest BCUT2D eigenvalue weighted by molar-refractivity contribution is 5.66. The predicted molar refractivity (Wildman–Crippen MR) is 70.3 cm³/mol. The van der Waals surface area contributed by atoms with E-state index in [-0.39, 0.29) is 18.5 Å². The van der Waals surface area contributed by atoms with E-state index in [1.54, 1.807) is 0 Å². The summed E-state index contributed by atoms with van der Waals surface area (Å²) < 4.78 is 39.5. The van der Waals surface area contributed by atoms with Crippen LogP contribution in [0.1, 0.15) is 12.0 Å². The Balaban J connectivity index is 1.86. The summed E-state index contributed by atoms with van der Waals surface area (Å²) in [6.45, 7) is 3.34. The molecule has 2 rings (SSSR count). The lowest BCUT2D eigenvalue weighted by molar-refractivity contribution is -0.137. The van der Waals surface area contributed by atoms with E-state index >= 15 is 0 Å². The van der Waals surface area contributed by atoms with Crippen molar-refractivity contribution in [2.24, 2.45) is 0 Å².